The molecule has 1 saturated heterocycles. The molecule has 0 aromatic heterocycles. The highest BCUT2D eigenvalue weighted by Gasteiger charge is 2.58. The van der Waals surface area contributed by atoms with E-state index in [0.717, 1.165) is 6.26 Å². The van der Waals surface area contributed by atoms with E-state index in [1.54, 1.807) is 11.0 Å². The number of rotatable bonds is 15. The molecule has 2 fully saturated rings. The van der Waals surface area contributed by atoms with Gasteiger partial charge in [-0.2, -0.15) is 0 Å². The van der Waals surface area contributed by atoms with Gasteiger partial charge in [0, 0.05) is 67.3 Å². The number of fused-ring (bicyclic) bond motifs is 8. The van der Waals surface area contributed by atoms with Gasteiger partial charge in [-0.05, 0) is 43.9 Å². The zero-order chi connectivity index (χ0) is 47.0. The maximum Gasteiger partial charge on any atom is 0.339 e. The first-order chi connectivity index (χ1) is 31.2. The van der Waals surface area contributed by atoms with Crippen LogP contribution in [0.4, 0.5) is 0 Å². The lowest BCUT2D eigenvalue weighted by atomic mass is 9.77. The molecule has 5 heterocycles. The number of guanidine groups is 1. The first-order valence-electron chi connectivity index (χ1n) is 21.2. The van der Waals surface area contributed by atoms with Gasteiger partial charge in [0.05, 0.1) is 54.9 Å². The number of carbonyl (C=O) groups excluding carboxylic acids is 1. The fourth-order valence-corrected chi connectivity index (χ4v) is 12.0. The molecule has 5 aliphatic heterocycles. The molecule has 13 atom stereocenters. The lowest BCUT2D eigenvalue weighted by molar-refractivity contribution is -0.416. The molecule has 13 N–H and O–H groups in total. The number of carbonyl (C=O) groups is 2. The fraction of sp³-hybridized carbons (Fsp3) is 0.643. The van der Waals surface area contributed by atoms with Crippen LogP contribution in [0.25, 0.3) is 0 Å². The van der Waals surface area contributed by atoms with Gasteiger partial charge in [-0.25, -0.2) is 9.59 Å². The normalized spacial score (nSPS) is 35.1. The monoisotopic (exact) mass is 953 g/mol. The third-order valence-corrected chi connectivity index (χ3v) is 15.2. The Hall–Kier alpha value is -3.71. The highest BCUT2D eigenvalue weighted by molar-refractivity contribution is 8.77. The molecule has 4 bridgehead atoms. The summed E-state index contributed by atoms with van der Waals surface area (Å²) < 4.78 is 30.3. The second-order valence-corrected chi connectivity index (χ2v) is 18.9. The number of nitrogens with zero attached hydrogens (tertiary/aromatic N) is 2. The summed E-state index contributed by atoms with van der Waals surface area (Å²) in [6, 6.07) is -0.639. The number of aliphatic imine (C=N–C) groups is 1. The van der Waals surface area contributed by atoms with Crippen molar-refractivity contribution in [2.24, 2.45) is 34.4 Å². The Morgan fingerprint density at radius 2 is 1.97 bits per heavy atom. The predicted octanol–water partition coefficient (Wildman–Crippen LogP) is -2.44. The van der Waals surface area contributed by atoms with Gasteiger partial charge in [0.25, 0.3) is 0 Å². The minimum Gasteiger partial charge on any atom is -0.478 e. The van der Waals surface area contributed by atoms with E-state index in [2.05, 4.69) is 34.0 Å². The van der Waals surface area contributed by atoms with Crippen molar-refractivity contribution in [3.05, 3.63) is 59.2 Å². The summed E-state index contributed by atoms with van der Waals surface area (Å²) in [5, 5.41) is 99.7. The van der Waals surface area contributed by atoms with E-state index >= 15 is 0 Å². The van der Waals surface area contributed by atoms with Gasteiger partial charge in [-0.15, -0.1) is 6.58 Å². The molecule has 21 nitrogen and oxygen atoms in total. The van der Waals surface area contributed by atoms with Crippen molar-refractivity contribution in [3.63, 3.8) is 0 Å². The number of likely N-dealkylation sites (N-methyl/N-ethyl adjacent to an activating group) is 1. The summed E-state index contributed by atoms with van der Waals surface area (Å²) in [4.78, 5) is 33.7. The first-order valence-corrected chi connectivity index (χ1v) is 23.6. The molecule has 1 aliphatic carbocycles. The standard InChI is InChI=1S/C42H59N5O16S2/c1-3-24-33-21-6-4-7-31(28(16-50)47-13-23(12-21)34(25(14-47)37(54)55)46-41(43)45-10-5-11-48)65-64-20-27-22(15-49)8-9-29(27)60-38(56)26(33)19-59-39(24)63-40-36(62-32(18-52)44-2)42(57,58)35(53)30(17-51)61-40/h3,12,14,19,22,24,27-33,35-36,39-40,44,48-53,57-58H,1,5,7-11,13,15-18,20H2,2H3,(H,54,55)(H3,43,45,46)/b21-12+/t22-,24+,27-,28-,29+,30+,31-,32+,33-,35+,36-,39-,40-/m0/s1. The SMILES string of the molecule is C=C[C@H]1[C@H](O[C@@H]2O[C@H](CO)[C@@H](O)C(O)(O)[C@H]2O[C@H](CO)NC)OC=C2C(=O)O[C@@H]3CC[C@@H](CO)[C@@H]3CSS[C@H]3CC#C/C(=C\C4=C(NC(N)=NCCCO)C(C(=O)O)=CN(C4)[C@H]3CO)[C@H]21. The lowest BCUT2D eigenvalue weighted by Crippen LogP contribution is -2.69. The van der Waals surface area contributed by atoms with Gasteiger partial charge < -0.3 is 85.6 Å². The third-order valence-electron chi connectivity index (χ3n) is 12.3. The quantitative estimate of drug-likeness (QED) is 0.0119. The Morgan fingerprint density at radius 3 is 2.63 bits per heavy atom. The van der Waals surface area contributed by atoms with Crippen LogP contribution in [0.3, 0.4) is 0 Å². The molecule has 65 heavy (non-hydrogen) atoms. The molecule has 6 aliphatic rings. The summed E-state index contributed by atoms with van der Waals surface area (Å²) in [7, 11) is 4.37. The smallest absolute Gasteiger partial charge is 0.339 e. The third kappa shape index (κ3) is 11.2. The zero-order valence-electron chi connectivity index (χ0n) is 35.7. The number of esters is 1. The summed E-state index contributed by atoms with van der Waals surface area (Å²) >= 11 is 0. The second-order valence-electron chi connectivity index (χ2n) is 16.3. The van der Waals surface area contributed by atoms with Crippen LogP contribution < -0.4 is 16.4 Å². The zero-order valence-corrected chi connectivity index (χ0v) is 37.3. The molecule has 0 spiro atoms. The summed E-state index contributed by atoms with van der Waals surface area (Å²) in [5.41, 5.74) is 6.59. The van der Waals surface area contributed by atoms with E-state index < -0.39 is 97.3 Å². The Bertz CT molecular complexity index is 1950. The average Bonchev–Trinajstić information content (AvgIpc) is 3.67. The van der Waals surface area contributed by atoms with Crippen molar-refractivity contribution in [2.75, 3.05) is 58.9 Å². The average molecular weight is 954 g/mol. The van der Waals surface area contributed by atoms with Crippen LogP contribution in [0.1, 0.15) is 25.7 Å². The predicted molar refractivity (Wildman–Crippen MR) is 234 cm³/mol. The Morgan fingerprint density at radius 1 is 1.18 bits per heavy atom. The molecule has 360 valence electrons. The van der Waals surface area contributed by atoms with Crippen LogP contribution in [0.2, 0.25) is 0 Å². The van der Waals surface area contributed by atoms with Gasteiger partial charge in [0.1, 0.15) is 24.5 Å². The molecular formula is C42H59N5O16S2. The van der Waals surface area contributed by atoms with Crippen molar-refractivity contribution < 1.29 is 79.2 Å². The van der Waals surface area contributed by atoms with Crippen LogP contribution in [0.5, 0.6) is 0 Å². The van der Waals surface area contributed by atoms with E-state index in [1.807, 2.05) is 0 Å². The van der Waals surface area contributed by atoms with E-state index in [4.69, 9.17) is 29.4 Å². The number of aliphatic hydroxyl groups is 8. The highest BCUT2D eigenvalue weighted by Crippen LogP contribution is 2.46. The van der Waals surface area contributed by atoms with Crippen LogP contribution in [0, 0.1) is 35.5 Å². The van der Waals surface area contributed by atoms with Gasteiger partial charge in [0.2, 0.25) is 12.1 Å². The minimum atomic E-state index is -3.12. The fourth-order valence-electron chi connectivity index (χ4n) is 8.73. The lowest BCUT2D eigenvalue weighted by Gasteiger charge is -2.48. The molecule has 23 heteroatoms. The van der Waals surface area contributed by atoms with Crippen LogP contribution in [-0.2, 0) is 33.3 Å². The Kier molecular flexibility index (Phi) is 17.8. The number of nitrogens with one attached hydrogen (secondary N) is 2. The van der Waals surface area contributed by atoms with Crippen LogP contribution >= 0.6 is 21.6 Å². The number of nitrogens with two attached hydrogens (primary N) is 1. The van der Waals surface area contributed by atoms with Crippen molar-refractivity contribution in [1.29, 1.82) is 0 Å². The number of carboxylic acids is 1. The summed E-state index contributed by atoms with van der Waals surface area (Å²) in [6.07, 6.45) is -3.73. The van der Waals surface area contributed by atoms with Crippen molar-refractivity contribution in [2.45, 2.75) is 86.0 Å². The summed E-state index contributed by atoms with van der Waals surface area (Å²) in [5.74, 6) is -1.15. The van der Waals surface area contributed by atoms with Crippen molar-refractivity contribution in [3.8, 4) is 11.8 Å². The molecular weight excluding hydrogens is 895 g/mol. The molecule has 0 radical (unpaired) electrons. The van der Waals surface area contributed by atoms with Crippen molar-refractivity contribution >= 4 is 39.5 Å². The van der Waals surface area contributed by atoms with E-state index in [-0.39, 0.29) is 86.0 Å². The number of aliphatic hydroxyl groups excluding tert-OH is 6. The molecule has 0 amide bonds. The van der Waals surface area contributed by atoms with Gasteiger partial charge in [0.15, 0.2) is 18.4 Å². The Balaban J connectivity index is 1.54. The van der Waals surface area contributed by atoms with E-state index in [9.17, 15) is 55.5 Å². The topological polar surface area (TPSA) is 328 Å². The minimum absolute atomic E-state index is 0.0101. The molecule has 6 rings (SSSR count). The number of hydrogen-bond donors (Lipinski definition) is 12. The van der Waals surface area contributed by atoms with E-state index in [1.165, 1.54) is 40.9 Å². The Labute approximate surface area is 383 Å². The molecule has 0 aromatic carbocycles. The van der Waals surface area contributed by atoms with E-state index in [0.29, 0.717) is 24.2 Å². The number of hydrogen-bond acceptors (Lipinski definition) is 20. The highest BCUT2D eigenvalue weighted by atomic mass is 33.1. The first kappa shape index (κ1) is 50.7. The number of allylic oxidation sites excluding steroid dienone is 1. The van der Waals surface area contributed by atoms with Crippen LogP contribution in [-0.4, -0.2) is 188 Å². The summed E-state index contributed by atoms with van der Waals surface area (Å²) in [6.45, 7) is 1.99. The molecule has 0 aromatic rings. The second kappa shape index (κ2) is 22.9. The number of aliphatic carboxylic acids is 1. The van der Waals surface area contributed by atoms with Gasteiger partial charge in [-0.1, -0.05) is 39.5 Å². The van der Waals surface area contributed by atoms with Crippen molar-refractivity contribution in [1.82, 2.24) is 15.5 Å². The maximum atomic E-state index is 14.6. The van der Waals surface area contributed by atoms with Gasteiger partial charge in [-0.3, -0.25) is 10.3 Å². The molecule has 0 unspecified atom stereocenters. The largest absolute Gasteiger partial charge is 0.478 e. The van der Waals surface area contributed by atoms with Gasteiger partial charge >= 0.3 is 11.9 Å². The molecule has 1 saturated carbocycles. The maximum absolute atomic E-state index is 14.6. The number of carboxylic acid groups (broad SMARTS) is 1. The number of ether oxygens (including phenoxy) is 5. The van der Waals surface area contributed by atoms with Crippen LogP contribution in [0.15, 0.2) is 64.2 Å².